The first kappa shape index (κ1) is 17.0. The zero-order valence-electron chi connectivity index (χ0n) is 14.9. The van der Waals surface area contributed by atoms with Gasteiger partial charge in [0.2, 0.25) is 0 Å². The normalized spacial score (nSPS) is 12.6. The van der Waals surface area contributed by atoms with Crippen molar-refractivity contribution in [2.45, 2.75) is 13.0 Å². The number of rotatable bonds is 3. The highest BCUT2D eigenvalue weighted by Gasteiger charge is 2.24. The van der Waals surface area contributed by atoms with E-state index in [1.165, 1.54) is 6.33 Å². The molecule has 1 unspecified atom stereocenters. The van der Waals surface area contributed by atoms with Crippen LogP contribution in [0.4, 0.5) is 5.82 Å². The molecule has 5 heterocycles. The van der Waals surface area contributed by atoms with E-state index in [1.54, 1.807) is 12.4 Å². The van der Waals surface area contributed by atoms with Gasteiger partial charge in [-0.1, -0.05) is 6.07 Å². The second-order valence-corrected chi connectivity index (χ2v) is 7.41. The van der Waals surface area contributed by atoms with Crippen LogP contribution < -0.4 is 5.73 Å². The molecule has 0 saturated carbocycles. The molecule has 2 N–H and O–H groups in total. The number of nitrogens with two attached hydrogens (primary N) is 1. The summed E-state index contributed by atoms with van der Waals surface area (Å²) in [6.07, 6.45) is 5.02. The Bertz CT molecular complexity index is 1310. The zero-order valence-corrected chi connectivity index (χ0v) is 17.0. The number of nitrogens with zero attached hydrogens (tertiary/aromatic N) is 7. The Morgan fingerprint density at radius 3 is 2.79 bits per heavy atom. The van der Waals surface area contributed by atoms with E-state index in [0.29, 0.717) is 11.5 Å². The quantitative estimate of drug-likeness (QED) is 0.396. The predicted octanol–water partition coefficient (Wildman–Crippen LogP) is 3.33. The van der Waals surface area contributed by atoms with Crippen LogP contribution in [0, 0.1) is 3.70 Å². The number of aromatic nitrogens is 7. The third-order valence-corrected chi connectivity index (χ3v) is 5.52. The third-order valence-electron chi connectivity index (χ3n) is 4.77. The number of anilines is 1. The van der Waals surface area contributed by atoms with Gasteiger partial charge in [0.25, 0.3) is 0 Å². The van der Waals surface area contributed by atoms with Crippen molar-refractivity contribution >= 4 is 45.0 Å². The van der Waals surface area contributed by atoms with E-state index >= 15 is 0 Å². The Morgan fingerprint density at radius 1 is 1.07 bits per heavy atom. The average Bonchev–Trinajstić information content (AvgIpc) is 3.27. The van der Waals surface area contributed by atoms with Gasteiger partial charge in [0.05, 0.1) is 28.3 Å². The number of hydrogen-bond acceptors (Lipinski definition) is 6. The SMILES string of the molecule is CC(c1cc2cccnn2c1-c1ccccn1)n1nc(I)c2c(N)ncnc21. The molecule has 0 spiro atoms. The van der Waals surface area contributed by atoms with Gasteiger partial charge in [0.1, 0.15) is 15.8 Å². The standard InChI is InChI=1S/C19H15IN8/c1-11(27-19-15(17(20)26-27)18(21)23-10-24-19)13-9-12-5-4-8-25-28(12)16(13)14-6-2-3-7-22-14/h2-11H,1H3,(H2,21,23,24). The first-order chi connectivity index (χ1) is 13.6. The maximum atomic E-state index is 6.06. The van der Waals surface area contributed by atoms with Gasteiger partial charge in [-0.15, -0.1) is 0 Å². The Hall–Kier alpha value is -3.08. The van der Waals surface area contributed by atoms with E-state index in [1.807, 2.05) is 39.5 Å². The van der Waals surface area contributed by atoms with Crippen molar-refractivity contribution in [2.24, 2.45) is 0 Å². The second-order valence-electron chi connectivity index (χ2n) is 6.39. The van der Waals surface area contributed by atoms with Gasteiger partial charge >= 0.3 is 0 Å². The van der Waals surface area contributed by atoms with Crippen molar-refractivity contribution in [2.75, 3.05) is 5.73 Å². The van der Waals surface area contributed by atoms with Gasteiger partial charge in [0, 0.05) is 18.0 Å². The average molecular weight is 482 g/mol. The van der Waals surface area contributed by atoms with Gasteiger partial charge in [0.15, 0.2) is 5.65 Å². The molecule has 0 aliphatic carbocycles. The van der Waals surface area contributed by atoms with Crippen LogP contribution in [0.1, 0.15) is 18.5 Å². The summed E-state index contributed by atoms with van der Waals surface area (Å²) >= 11 is 2.17. The van der Waals surface area contributed by atoms with Crippen LogP contribution in [0.3, 0.4) is 0 Å². The minimum atomic E-state index is -0.112. The Balaban J connectivity index is 1.78. The lowest BCUT2D eigenvalue weighted by molar-refractivity contribution is 0.576. The summed E-state index contributed by atoms with van der Waals surface area (Å²) in [5.41, 5.74) is 10.6. The van der Waals surface area contributed by atoms with Crippen LogP contribution in [0.25, 0.3) is 27.9 Å². The van der Waals surface area contributed by atoms with Crippen LogP contribution in [-0.2, 0) is 0 Å². The van der Waals surface area contributed by atoms with E-state index in [2.05, 4.69) is 55.6 Å². The molecular weight excluding hydrogens is 467 g/mol. The van der Waals surface area contributed by atoms with E-state index in [4.69, 9.17) is 10.8 Å². The van der Waals surface area contributed by atoms with Crippen LogP contribution >= 0.6 is 22.6 Å². The predicted molar refractivity (Wildman–Crippen MR) is 115 cm³/mol. The van der Waals surface area contributed by atoms with Crippen molar-refractivity contribution in [3.63, 3.8) is 0 Å². The number of nitrogen functional groups attached to an aromatic ring is 1. The second kappa shape index (κ2) is 6.51. The van der Waals surface area contributed by atoms with Crippen molar-refractivity contribution in [1.29, 1.82) is 0 Å². The summed E-state index contributed by atoms with van der Waals surface area (Å²) in [6.45, 7) is 2.09. The molecule has 0 aromatic carbocycles. The maximum Gasteiger partial charge on any atom is 0.165 e. The monoisotopic (exact) mass is 482 g/mol. The molecule has 5 rings (SSSR count). The first-order valence-corrected chi connectivity index (χ1v) is 9.75. The topological polar surface area (TPSA) is 99.8 Å². The van der Waals surface area contributed by atoms with Crippen LogP contribution in [0.15, 0.2) is 55.1 Å². The Morgan fingerprint density at radius 2 is 1.96 bits per heavy atom. The summed E-state index contributed by atoms with van der Waals surface area (Å²) in [6, 6.07) is 11.8. The lowest BCUT2D eigenvalue weighted by Crippen LogP contribution is -2.10. The number of pyridine rings is 1. The highest BCUT2D eigenvalue weighted by molar-refractivity contribution is 14.1. The molecular formula is C19H15IN8. The van der Waals surface area contributed by atoms with Crippen LogP contribution in [-0.4, -0.2) is 34.3 Å². The molecule has 9 heteroatoms. The molecule has 0 aliphatic heterocycles. The van der Waals surface area contributed by atoms with Crippen LogP contribution in [0.5, 0.6) is 0 Å². The summed E-state index contributed by atoms with van der Waals surface area (Å²) in [5.74, 6) is 0.432. The van der Waals surface area contributed by atoms with Gasteiger partial charge < -0.3 is 5.73 Å². The van der Waals surface area contributed by atoms with Gasteiger partial charge in [-0.25, -0.2) is 19.2 Å². The fourth-order valence-corrected chi connectivity index (χ4v) is 4.21. The molecule has 0 amide bonds. The molecule has 0 saturated heterocycles. The van der Waals surface area contributed by atoms with Crippen LogP contribution in [0.2, 0.25) is 0 Å². The molecule has 5 aromatic rings. The molecule has 8 nitrogen and oxygen atoms in total. The first-order valence-electron chi connectivity index (χ1n) is 8.67. The fourth-order valence-electron chi connectivity index (χ4n) is 3.46. The maximum absolute atomic E-state index is 6.06. The number of halogens is 1. The third kappa shape index (κ3) is 2.53. The zero-order chi connectivity index (χ0) is 19.3. The summed E-state index contributed by atoms with van der Waals surface area (Å²) in [4.78, 5) is 13.1. The van der Waals surface area contributed by atoms with E-state index in [0.717, 1.165) is 31.6 Å². The van der Waals surface area contributed by atoms with Crippen molar-refractivity contribution in [1.82, 2.24) is 34.3 Å². The molecule has 5 aromatic heterocycles. The van der Waals surface area contributed by atoms with Gasteiger partial charge in [-0.3, -0.25) is 4.98 Å². The van der Waals surface area contributed by atoms with Crippen molar-refractivity contribution < 1.29 is 0 Å². The number of fused-ring (bicyclic) bond motifs is 2. The van der Waals surface area contributed by atoms with E-state index in [-0.39, 0.29) is 6.04 Å². The van der Waals surface area contributed by atoms with E-state index in [9.17, 15) is 0 Å². The van der Waals surface area contributed by atoms with E-state index < -0.39 is 0 Å². The van der Waals surface area contributed by atoms with Crippen molar-refractivity contribution in [3.8, 4) is 11.4 Å². The lowest BCUT2D eigenvalue weighted by Gasteiger charge is -2.14. The summed E-state index contributed by atoms with van der Waals surface area (Å²) in [5, 5.41) is 10.0. The van der Waals surface area contributed by atoms with Gasteiger partial charge in [-0.2, -0.15) is 10.2 Å². The highest BCUT2D eigenvalue weighted by Crippen LogP contribution is 2.34. The Kier molecular flexibility index (Phi) is 3.97. The smallest absolute Gasteiger partial charge is 0.165 e. The fraction of sp³-hybridized carbons (Fsp3) is 0.105. The molecule has 1 atom stereocenters. The molecule has 0 bridgehead atoms. The summed E-state index contributed by atoms with van der Waals surface area (Å²) in [7, 11) is 0. The highest BCUT2D eigenvalue weighted by atomic mass is 127. The molecule has 0 aliphatic rings. The number of hydrogen-bond donors (Lipinski definition) is 1. The van der Waals surface area contributed by atoms with Crippen molar-refractivity contribution in [3.05, 3.63) is 64.4 Å². The molecule has 138 valence electrons. The Labute approximate surface area is 173 Å². The largest absolute Gasteiger partial charge is 0.383 e. The minimum absolute atomic E-state index is 0.112. The minimum Gasteiger partial charge on any atom is -0.383 e. The lowest BCUT2D eigenvalue weighted by atomic mass is 10.1. The van der Waals surface area contributed by atoms with Gasteiger partial charge in [-0.05, 0) is 59.8 Å². The molecule has 0 fully saturated rings. The molecule has 0 radical (unpaired) electrons. The summed E-state index contributed by atoms with van der Waals surface area (Å²) < 4.78 is 4.57. The molecule has 28 heavy (non-hydrogen) atoms.